The molecule has 0 bridgehead atoms. The molecule has 2 rings (SSSR count). The number of aryl methyl sites for hydroxylation is 1. The van der Waals surface area contributed by atoms with Gasteiger partial charge in [-0.05, 0) is 19.1 Å². The second kappa shape index (κ2) is 4.26. The Bertz CT molecular complexity index is 686. The SMILES string of the molecule is Cc1ccc(S(=O)(=O)n2cnc(C(=O)O)c2)cc1. The third-order valence-corrected chi connectivity index (χ3v) is 4.00. The molecule has 2 aromatic rings. The Kier molecular flexibility index (Phi) is 2.92. The number of benzene rings is 1. The van der Waals surface area contributed by atoms with Gasteiger partial charge in [0.1, 0.15) is 6.33 Å². The van der Waals surface area contributed by atoms with Crippen LogP contribution in [0.5, 0.6) is 0 Å². The van der Waals surface area contributed by atoms with Gasteiger partial charge in [-0.3, -0.25) is 0 Å². The van der Waals surface area contributed by atoms with Gasteiger partial charge in [0, 0.05) is 0 Å². The summed E-state index contributed by atoms with van der Waals surface area (Å²) in [6, 6.07) is 6.26. The summed E-state index contributed by atoms with van der Waals surface area (Å²) < 4.78 is 25.0. The van der Waals surface area contributed by atoms with E-state index in [0.29, 0.717) is 0 Å². The predicted molar refractivity (Wildman–Crippen MR) is 62.9 cm³/mol. The van der Waals surface area contributed by atoms with Crippen molar-refractivity contribution in [2.45, 2.75) is 11.8 Å². The van der Waals surface area contributed by atoms with Gasteiger partial charge in [-0.1, -0.05) is 17.7 Å². The Morgan fingerprint density at radius 3 is 2.39 bits per heavy atom. The first-order chi connectivity index (χ1) is 8.41. The molecule has 94 valence electrons. The minimum Gasteiger partial charge on any atom is -0.476 e. The summed E-state index contributed by atoms with van der Waals surface area (Å²) in [5.74, 6) is -1.27. The van der Waals surface area contributed by atoms with E-state index in [1.165, 1.54) is 12.1 Å². The number of hydrogen-bond donors (Lipinski definition) is 1. The zero-order valence-electron chi connectivity index (χ0n) is 9.44. The molecule has 0 fully saturated rings. The molecule has 1 N–H and O–H groups in total. The Labute approximate surface area is 104 Å². The van der Waals surface area contributed by atoms with Crippen LogP contribution in [0, 0.1) is 6.92 Å². The van der Waals surface area contributed by atoms with Crippen LogP contribution in [0.25, 0.3) is 0 Å². The normalized spacial score (nSPS) is 11.4. The third kappa shape index (κ3) is 2.12. The van der Waals surface area contributed by atoms with Gasteiger partial charge < -0.3 is 5.11 Å². The van der Waals surface area contributed by atoms with Gasteiger partial charge in [-0.15, -0.1) is 0 Å². The molecule has 0 aliphatic carbocycles. The van der Waals surface area contributed by atoms with Crippen molar-refractivity contribution >= 4 is 16.0 Å². The van der Waals surface area contributed by atoms with Crippen LogP contribution >= 0.6 is 0 Å². The molecule has 0 atom stereocenters. The summed E-state index contributed by atoms with van der Waals surface area (Å²) in [6.07, 6.45) is 1.94. The number of carbonyl (C=O) groups is 1. The van der Waals surface area contributed by atoms with Crippen LogP contribution < -0.4 is 0 Å². The monoisotopic (exact) mass is 266 g/mol. The van der Waals surface area contributed by atoms with Gasteiger partial charge >= 0.3 is 5.97 Å². The van der Waals surface area contributed by atoms with Crippen molar-refractivity contribution < 1.29 is 18.3 Å². The second-order valence-electron chi connectivity index (χ2n) is 3.71. The van der Waals surface area contributed by atoms with Crippen LogP contribution in [0.4, 0.5) is 0 Å². The minimum absolute atomic E-state index is 0.0856. The Morgan fingerprint density at radius 2 is 1.89 bits per heavy atom. The fourth-order valence-corrected chi connectivity index (χ4v) is 2.51. The summed E-state index contributed by atoms with van der Waals surface area (Å²) in [4.78, 5) is 14.2. The lowest BCUT2D eigenvalue weighted by Crippen LogP contribution is -2.11. The zero-order chi connectivity index (χ0) is 13.3. The maximum absolute atomic E-state index is 12.1. The van der Waals surface area contributed by atoms with E-state index in [2.05, 4.69) is 4.98 Å². The van der Waals surface area contributed by atoms with Gasteiger partial charge in [0.05, 0.1) is 11.1 Å². The number of carboxylic acids is 1. The first-order valence-electron chi connectivity index (χ1n) is 5.01. The van der Waals surface area contributed by atoms with Gasteiger partial charge in [0.15, 0.2) is 5.69 Å². The van der Waals surface area contributed by atoms with E-state index in [1.54, 1.807) is 12.1 Å². The highest BCUT2D eigenvalue weighted by atomic mass is 32.2. The standard InChI is InChI=1S/C11H10N2O4S/c1-8-2-4-9(5-3-8)18(16,17)13-6-10(11(14)15)12-7-13/h2-7H,1H3,(H,14,15). The number of aromatic nitrogens is 2. The Balaban J connectivity index is 2.47. The van der Waals surface area contributed by atoms with Crippen LogP contribution in [0.3, 0.4) is 0 Å². The van der Waals surface area contributed by atoms with Crippen molar-refractivity contribution in [3.8, 4) is 0 Å². The summed E-state index contributed by atoms with van der Waals surface area (Å²) in [7, 11) is -3.78. The van der Waals surface area contributed by atoms with E-state index < -0.39 is 16.0 Å². The molecular weight excluding hydrogens is 256 g/mol. The summed E-state index contributed by atoms with van der Waals surface area (Å²) in [5, 5.41) is 8.70. The molecule has 0 spiro atoms. The highest BCUT2D eigenvalue weighted by Gasteiger charge is 2.18. The first kappa shape index (κ1) is 12.3. The number of hydrogen-bond acceptors (Lipinski definition) is 4. The van der Waals surface area contributed by atoms with Crippen molar-refractivity contribution in [2.75, 3.05) is 0 Å². The molecule has 18 heavy (non-hydrogen) atoms. The molecule has 6 nitrogen and oxygen atoms in total. The maximum Gasteiger partial charge on any atom is 0.356 e. The summed E-state index contributed by atoms with van der Waals surface area (Å²) >= 11 is 0. The number of carboxylic acid groups (broad SMARTS) is 1. The molecular formula is C11H10N2O4S. The molecule has 0 saturated heterocycles. The fourth-order valence-electron chi connectivity index (χ4n) is 1.38. The smallest absolute Gasteiger partial charge is 0.356 e. The molecule has 1 aromatic heterocycles. The molecule has 1 aromatic carbocycles. The van der Waals surface area contributed by atoms with E-state index in [-0.39, 0.29) is 10.6 Å². The van der Waals surface area contributed by atoms with Gasteiger partial charge in [0.2, 0.25) is 0 Å². The Morgan fingerprint density at radius 1 is 1.28 bits per heavy atom. The highest BCUT2D eigenvalue weighted by molar-refractivity contribution is 7.90. The lowest BCUT2D eigenvalue weighted by atomic mass is 10.2. The molecule has 0 aliphatic heterocycles. The topological polar surface area (TPSA) is 89.3 Å². The van der Waals surface area contributed by atoms with Crippen LogP contribution in [-0.4, -0.2) is 28.5 Å². The molecule has 0 unspecified atom stereocenters. The molecule has 7 heteroatoms. The number of nitrogens with zero attached hydrogens (tertiary/aromatic N) is 2. The number of aromatic carboxylic acids is 1. The fraction of sp³-hybridized carbons (Fsp3) is 0.0909. The third-order valence-electron chi connectivity index (χ3n) is 2.38. The highest BCUT2D eigenvalue weighted by Crippen LogP contribution is 2.14. The van der Waals surface area contributed by atoms with Crippen molar-refractivity contribution in [3.05, 3.63) is 48.0 Å². The summed E-state index contributed by atoms with van der Waals surface area (Å²) in [6.45, 7) is 1.84. The quantitative estimate of drug-likeness (QED) is 0.899. The zero-order valence-corrected chi connectivity index (χ0v) is 10.3. The van der Waals surface area contributed by atoms with E-state index >= 15 is 0 Å². The number of imidazole rings is 1. The lowest BCUT2D eigenvalue weighted by molar-refractivity contribution is 0.0691. The van der Waals surface area contributed by atoms with E-state index in [4.69, 9.17) is 5.11 Å². The van der Waals surface area contributed by atoms with Crippen molar-refractivity contribution in [1.29, 1.82) is 0 Å². The van der Waals surface area contributed by atoms with Crippen LogP contribution in [0.15, 0.2) is 41.7 Å². The van der Waals surface area contributed by atoms with Crippen LogP contribution in [0.1, 0.15) is 16.1 Å². The van der Waals surface area contributed by atoms with Crippen LogP contribution in [0.2, 0.25) is 0 Å². The largest absolute Gasteiger partial charge is 0.476 e. The first-order valence-corrected chi connectivity index (χ1v) is 6.45. The van der Waals surface area contributed by atoms with Gasteiger partial charge in [-0.2, -0.15) is 0 Å². The second-order valence-corrected chi connectivity index (χ2v) is 5.56. The maximum atomic E-state index is 12.1. The van der Waals surface area contributed by atoms with E-state index in [0.717, 1.165) is 22.1 Å². The molecule has 1 heterocycles. The van der Waals surface area contributed by atoms with Crippen molar-refractivity contribution in [2.24, 2.45) is 0 Å². The van der Waals surface area contributed by atoms with Crippen molar-refractivity contribution in [3.63, 3.8) is 0 Å². The molecule has 0 aliphatic rings. The molecule has 0 amide bonds. The number of rotatable bonds is 3. The van der Waals surface area contributed by atoms with Gasteiger partial charge in [-0.25, -0.2) is 22.2 Å². The average Bonchev–Trinajstić information content (AvgIpc) is 2.79. The average molecular weight is 266 g/mol. The van der Waals surface area contributed by atoms with Crippen molar-refractivity contribution in [1.82, 2.24) is 8.96 Å². The minimum atomic E-state index is -3.78. The van der Waals surface area contributed by atoms with E-state index in [9.17, 15) is 13.2 Å². The predicted octanol–water partition coefficient (Wildman–Crippen LogP) is 1.13. The molecule has 0 radical (unpaired) electrons. The lowest BCUT2D eigenvalue weighted by Gasteiger charge is -2.04. The summed E-state index contributed by atoms with van der Waals surface area (Å²) in [5.41, 5.74) is 0.622. The van der Waals surface area contributed by atoms with E-state index in [1.807, 2.05) is 6.92 Å². The molecule has 0 saturated carbocycles. The van der Waals surface area contributed by atoms with Crippen LogP contribution in [-0.2, 0) is 10.0 Å². The Hall–Kier alpha value is -2.15. The van der Waals surface area contributed by atoms with Gasteiger partial charge in [0.25, 0.3) is 10.0 Å².